The molecule has 1 aliphatic heterocycles. The highest BCUT2D eigenvalue weighted by Crippen LogP contribution is 2.30. The Bertz CT molecular complexity index is 1200. The molecule has 1 fully saturated rings. The fourth-order valence-corrected chi connectivity index (χ4v) is 5.60. The van der Waals surface area contributed by atoms with Gasteiger partial charge in [-0.1, -0.05) is 41.7 Å². The van der Waals surface area contributed by atoms with Gasteiger partial charge < -0.3 is 10.1 Å². The molecule has 7 nitrogen and oxygen atoms in total. The number of nitrogens with zero attached hydrogens (tertiary/aromatic N) is 2. The number of hydrogen-bond acceptors (Lipinski definition) is 6. The number of aromatic nitrogens is 1. The summed E-state index contributed by atoms with van der Waals surface area (Å²) < 4.78 is 32.8. The Morgan fingerprint density at radius 2 is 1.94 bits per heavy atom. The molecule has 1 N–H and O–H groups in total. The molecule has 0 aliphatic carbocycles. The Balaban J connectivity index is 1.35. The summed E-state index contributed by atoms with van der Waals surface area (Å²) in [5, 5.41) is 4.65. The molecule has 0 radical (unpaired) electrons. The molecule has 3 aromatic rings. The fourth-order valence-electron chi connectivity index (χ4n) is 3.48. The maximum absolute atomic E-state index is 12.7. The number of rotatable bonds is 6. The first-order valence-electron chi connectivity index (χ1n) is 9.93. The van der Waals surface area contributed by atoms with Crippen LogP contribution in [-0.4, -0.2) is 43.8 Å². The number of piperidine rings is 1. The van der Waals surface area contributed by atoms with Crippen molar-refractivity contribution in [3.63, 3.8) is 0 Å². The van der Waals surface area contributed by atoms with E-state index in [-0.39, 0.29) is 11.8 Å². The average Bonchev–Trinajstić information content (AvgIpc) is 3.20. The number of sulfonamides is 1. The van der Waals surface area contributed by atoms with E-state index in [9.17, 15) is 13.2 Å². The van der Waals surface area contributed by atoms with Crippen LogP contribution < -0.4 is 10.1 Å². The average molecular weight is 458 g/mol. The standard InChI is InChI=1S/C22H23N3O4S2/c1-29-18-7-8-19-20(15-18)30-22(23-19)24-21(26)17-9-12-25(13-10-17)31(27,28)14-11-16-5-3-2-4-6-16/h2-8,11,14-15,17H,9-10,12-13H2,1H3,(H,23,24,26)/b14-11+. The van der Waals surface area contributed by atoms with Gasteiger partial charge in [0, 0.05) is 24.4 Å². The lowest BCUT2D eigenvalue weighted by Crippen LogP contribution is -2.40. The van der Waals surface area contributed by atoms with Gasteiger partial charge >= 0.3 is 0 Å². The van der Waals surface area contributed by atoms with Crippen LogP contribution in [0.3, 0.4) is 0 Å². The third kappa shape index (κ3) is 5.12. The number of hydrogen-bond donors (Lipinski definition) is 1. The Morgan fingerprint density at radius 1 is 1.19 bits per heavy atom. The van der Waals surface area contributed by atoms with E-state index in [1.807, 2.05) is 48.5 Å². The van der Waals surface area contributed by atoms with E-state index in [1.54, 1.807) is 13.2 Å². The minimum absolute atomic E-state index is 0.122. The molecular weight excluding hydrogens is 434 g/mol. The predicted octanol–water partition coefficient (Wildman–Crippen LogP) is 3.96. The molecule has 0 unspecified atom stereocenters. The van der Waals surface area contributed by atoms with Crippen LogP contribution in [0.2, 0.25) is 0 Å². The molecule has 1 aromatic heterocycles. The highest BCUT2D eigenvalue weighted by molar-refractivity contribution is 7.92. The molecule has 162 valence electrons. The molecule has 1 saturated heterocycles. The number of methoxy groups -OCH3 is 1. The highest BCUT2D eigenvalue weighted by atomic mass is 32.2. The molecule has 1 amide bonds. The molecule has 31 heavy (non-hydrogen) atoms. The van der Waals surface area contributed by atoms with E-state index >= 15 is 0 Å². The number of benzene rings is 2. The first kappa shape index (κ1) is 21.5. The van der Waals surface area contributed by atoms with E-state index in [0.717, 1.165) is 21.5 Å². The number of anilines is 1. The van der Waals surface area contributed by atoms with Crippen molar-refractivity contribution in [1.29, 1.82) is 0 Å². The zero-order valence-electron chi connectivity index (χ0n) is 17.0. The number of nitrogens with one attached hydrogen (secondary N) is 1. The van der Waals surface area contributed by atoms with E-state index < -0.39 is 10.0 Å². The van der Waals surface area contributed by atoms with Crippen molar-refractivity contribution >= 4 is 48.7 Å². The van der Waals surface area contributed by atoms with E-state index in [2.05, 4.69) is 10.3 Å². The van der Waals surface area contributed by atoms with Gasteiger partial charge in [-0.3, -0.25) is 4.79 Å². The van der Waals surface area contributed by atoms with Gasteiger partial charge in [-0.2, -0.15) is 4.31 Å². The second-order valence-corrected chi connectivity index (χ2v) is 10.1. The predicted molar refractivity (Wildman–Crippen MR) is 123 cm³/mol. The van der Waals surface area contributed by atoms with Crippen molar-refractivity contribution in [3.05, 3.63) is 59.5 Å². The largest absolute Gasteiger partial charge is 0.497 e. The van der Waals surface area contributed by atoms with E-state index in [0.29, 0.717) is 31.1 Å². The van der Waals surface area contributed by atoms with Crippen LogP contribution in [0, 0.1) is 5.92 Å². The lowest BCUT2D eigenvalue weighted by molar-refractivity contribution is -0.120. The third-order valence-electron chi connectivity index (χ3n) is 5.24. The fraction of sp³-hybridized carbons (Fsp3) is 0.273. The lowest BCUT2D eigenvalue weighted by atomic mass is 9.97. The topological polar surface area (TPSA) is 88.6 Å². The summed E-state index contributed by atoms with van der Waals surface area (Å²) in [5.74, 6) is 0.373. The molecule has 2 aromatic carbocycles. The number of amides is 1. The summed E-state index contributed by atoms with van der Waals surface area (Å²) in [6.07, 6.45) is 2.54. The minimum atomic E-state index is -3.51. The number of thiazole rings is 1. The molecule has 0 spiro atoms. The number of fused-ring (bicyclic) bond motifs is 1. The number of carbonyl (C=O) groups excluding carboxylic acids is 1. The zero-order valence-corrected chi connectivity index (χ0v) is 18.7. The summed E-state index contributed by atoms with van der Waals surface area (Å²) in [4.78, 5) is 17.1. The van der Waals surface area contributed by atoms with E-state index in [1.165, 1.54) is 21.1 Å². The van der Waals surface area contributed by atoms with Crippen molar-refractivity contribution in [2.75, 3.05) is 25.5 Å². The van der Waals surface area contributed by atoms with Crippen molar-refractivity contribution in [2.24, 2.45) is 5.92 Å². The van der Waals surface area contributed by atoms with Crippen LogP contribution in [0.25, 0.3) is 16.3 Å². The second kappa shape index (κ2) is 9.17. The molecule has 1 aliphatic rings. The first-order valence-corrected chi connectivity index (χ1v) is 12.3. The highest BCUT2D eigenvalue weighted by Gasteiger charge is 2.30. The van der Waals surface area contributed by atoms with Crippen LogP contribution in [0.5, 0.6) is 5.75 Å². The maximum atomic E-state index is 12.7. The van der Waals surface area contributed by atoms with Gasteiger partial charge in [0.2, 0.25) is 15.9 Å². The number of ether oxygens (including phenoxy) is 1. The maximum Gasteiger partial charge on any atom is 0.236 e. The van der Waals surface area contributed by atoms with Crippen molar-refractivity contribution in [2.45, 2.75) is 12.8 Å². The SMILES string of the molecule is COc1ccc2nc(NC(=O)C3CCN(S(=O)(=O)/C=C/c4ccccc4)CC3)sc2c1. The first-order chi connectivity index (χ1) is 14.9. The lowest BCUT2D eigenvalue weighted by Gasteiger charge is -2.29. The molecule has 0 bridgehead atoms. The smallest absolute Gasteiger partial charge is 0.236 e. The van der Waals surface area contributed by atoms with Crippen molar-refractivity contribution in [3.8, 4) is 5.75 Å². The minimum Gasteiger partial charge on any atom is -0.497 e. The Kier molecular flexibility index (Phi) is 6.35. The summed E-state index contributed by atoms with van der Waals surface area (Å²) in [7, 11) is -1.91. The Hall–Kier alpha value is -2.75. The molecule has 0 atom stereocenters. The Labute approximate surface area is 185 Å². The monoisotopic (exact) mass is 457 g/mol. The van der Waals surface area contributed by atoms with E-state index in [4.69, 9.17) is 4.74 Å². The van der Waals surface area contributed by atoms with Crippen LogP contribution in [0.4, 0.5) is 5.13 Å². The van der Waals surface area contributed by atoms with Crippen molar-refractivity contribution < 1.29 is 17.9 Å². The van der Waals surface area contributed by atoms with Crippen molar-refractivity contribution in [1.82, 2.24) is 9.29 Å². The van der Waals surface area contributed by atoms with Gasteiger partial charge in [0.15, 0.2) is 5.13 Å². The quantitative estimate of drug-likeness (QED) is 0.605. The summed E-state index contributed by atoms with van der Waals surface area (Å²) in [6, 6.07) is 14.9. The van der Waals surface area contributed by atoms with Crippen LogP contribution in [-0.2, 0) is 14.8 Å². The van der Waals surface area contributed by atoms with Crippen LogP contribution in [0.1, 0.15) is 18.4 Å². The normalized spacial score (nSPS) is 16.0. The molecule has 2 heterocycles. The van der Waals surface area contributed by atoms with Gasteiger partial charge in [0.05, 0.1) is 17.3 Å². The van der Waals surface area contributed by atoms with Gasteiger partial charge in [0.25, 0.3) is 0 Å². The van der Waals surface area contributed by atoms with Crippen LogP contribution >= 0.6 is 11.3 Å². The zero-order chi connectivity index (χ0) is 21.8. The third-order valence-corrected chi connectivity index (χ3v) is 7.74. The van der Waals surface area contributed by atoms with Gasteiger partial charge in [-0.15, -0.1) is 0 Å². The summed E-state index contributed by atoms with van der Waals surface area (Å²) in [5.41, 5.74) is 1.63. The molecule has 4 rings (SSSR count). The second-order valence-electron chi connectivity index (χ2n) is 7.27. The molecular formula is C22H23N3O4S2. The Morgan fingerprint density at radius 3 is 2.65 bits per heavy atom. The number of carbonyl (C=O) groups is 1. The van der Waals surface area contributed by atoms with Gasteiger partial charge in [-0.05, 0) is 42.7 Å². The van der Waals surface area contributed by atoms with Gasteiger partial charge in [0.1, 0.15) is 5.75 Å². The van der Waals surface area contributed by atoms with Gasteiger partial charge in [-0.25, -0.2) is 13.4 Å². The summed E-state index contributed by atoms with van der Waals surface area (Å²) in [6.45, 7) is 0.632. The molecule has 0 saturated carbocycles. The molecule has 9 heteroatoms. The summed E-state index contributed by atoms with van der Waals surface area (Å²) >= 11 is 1.39. The van der Waals surface area contributed by atoms with Crippen LogP contribution in [0.15, 0.2) is 53.9 Å².